The topological polar surface area (TPSA) is 100 Å². The molecule has 0 aromatic carbocycles. The number of anilines is 2. The summed E-state index contributed by atoms with van der Waals surface area (Å²) < 4.78 is 0.854. The molecule has 0 spiro atoms. The third kappa shape index (κ3) is 5.20. The van der Waals surface area contributed by atoms with Crippen molar-refractivity contribution in [3.63, 3.8) is 0 Å². The van der Waals surface area contributed by atoms with Crippen molar-refractivity contribution in [1.29, 1.82) is 0 Å². The average Bonchev–Trinajstić information content (AvgIpc) is 3.42. The van der Waals surface area contributed by atoms with E-state index in [9.17, 15) is 9.59 Å². The van der Waals surface area contributed by atoms with Gasteiger partial charge in [0.25, 0.3) is 5.91 Å². The van der Waals surface area contributed by atoms with Crippen LogP contribution in [0, 0.1) is 0 Å². The van der Waals surface area contributed by atoms with Crippen molar-refractivity contribution in [2.24, 2.45) is 0 Å². The third-order valence-electron chi connectivity index (χ3n) is 4.06. The Hall–Kier alpha value is -1.86. The molecule has 0 fully saturated rings. The minimum Gasteiger partial charge on any atom is -0.299 e. The van der Waals surface area contributed by atoms with Crippen LogP contribution in [0.5, 0.6) is 0 Å². The zero-order valence-electron chi connectivity index (χ0n) is 15.5. The summed E-state index contributed by atoms with van der Waals surface area (Å²) in [6.07, 6.45) is 0.754. The molecule has 0 saturated heterocycles. The van der Waals surface area contributed by atoms with Crippen LogP contribution in [0.15, 0.2) is 21.9 Å². The van der Waals surface area contributed by atoms with Gasteiger partial charge in [0.1, 0.15) is 0 Å². The fraction of sp³-hybridized carbons (Fsp3) is 0.353. The quantitative estimate of drug-likeness (QED) is 0.406. The molecular weight excluding hydrogens is 448 g/mol. The highest BCUT2D eigenvalue weighted by atomic mass is 32.2. The molecule has 0 atom stereocenters. The number of thiophene rings is 1. The molecule has 4 rings (SSSR count). The van der Waals surface area contributed by atoms with Gasteiger partial charge in [-0.15, -0.1) is 32.9 Å². The van der Waals surface area contributed by atoms with Crippen LogP contribution in [0.3, 0.4) is 0 Å². The van der Waals surface area contributed by atoms with Gasteiger partial charge in [0.2, 0.25) is 11.0 Å². The van der Waals surface area contributed by atoms with Crippen LogP contribution in [-0.2, 0) is 17.8 Å². The summed E-state index contributed by atoms with van der Waals surface area (Å²) in [6.45, 7) is 3.72. The lowest BCUT2D eigenvalue weighted by atomic mass is 10.2. The van der Waals surface area contributed by atoms with Gasteiger partial charge in [-0.3, -0.25) is 25.1 Å². The highest BCUT2D eigenvalue weighted by molar-refractivity contribution is 8.01. The Balaban J connectivity index is 1.31. The van der Waals surface area contributed by atoms with Gasteiger partial charge in [-0.05, 0) is 17.2 Å². The first-order valence-corrected chi connectivity index (χ1v) is 12.4. The third-order valence-corrected chi connectivity index (χ3v) is 7.78. The van der Waals surface area contributed by atoms with Crippen molar-refractivity contribution in [3.05, 3.63) is 33.0 Å². The van der Waals surface area contributed by atoms with Crippen LogP contribution < -0.4 is 10.6 Å². The fourth-order valence-electron chi connectivity index (χ4n) is 2.81. The summed E-state index contributed by atoms with van der Waals surface area (Å²) in [5, 5.41) is 16.7. The summed E-state index contributed by atoms with van der Waals surface area (Å²) in [5.74, 6) is 0.678. The first-order chi connectivity index (χ1) is 14.1. The molecule has 152 valence electrons. The van der Waals surface area contributed by atoms with E-state index in [2.05, 4.69) is 30.7 Å². The number of carbonyl (C=O) groups excluding carboxylic acids is 2. The molecule has 29 heavy (non-hydrogen) atoms. The lowest BCUT2D eigenvalue weighted by Gasteiger charge is -2.24. The molecule has 1 aliphatic rings. The van der Waals surface area contributed by atoms with Crippen LogP contribution in [0.4, 0.5) is 10.3 Å². The maximum absolute atomic E-state index is 12.4. The molecule has 3 aromatic heterocycles. The van der Waals surface area contributed by atoms with Crippen LogP contribution >= 0.6 is 45.8 Å². The van der Waals surface area contributed by atoms with E-state index in [1.54, 1.807) is 17.8 Å². The van der Waals surface area contributed by atoms with Gasteiger partial charge in [-0.25, -0.2) is 4.98 Å². The highest BCUT2D eigenvalue weighted by Crippen LogP contribution is 2.29. The number of thiazole rings is 1. The van der Waals surface area contributed by atoms with E-state index in [0.29, 0.717) is 21.7 Å². The molecule has 8 nitrogen and oxygen atoms in total. The second-order valence-corrected chi connectivity index (χ2v) is 10.7. The number of rotatable bonds is 7. The van der Waals surface area contributed by atoms with Crippen molar-refractivity contribution in [1.82, 2.24) is 20.1 Å². The highest BCUT2D eigenvalue weighted by Gasteiger charge is 2.23. The van der Waals surface area contributed by atoms with E-state index in [1.807, 2.05) is 18.4 Å². The molecule has 0 aliphatic carbocycles. The molecular formula is C17H18N6O2S4. The van der Waals surface area contributed by atoms with E-state index >= 15 is 0 Å². The van der Waals surface area contributed by atoms with Gasteiger partial charge < -0.3 is 0 Å². The normalized spacial score (nSPS) is 13.8. The first-order valence-electron chi connectivity index (χ1n) is 8.92. The summed E-state index contributed by atoms with van der Waals surface area (Å²) >= 11 is 5.86. The molecule has 4 heterocycles. The molecule has 3 aromatic rings. The lowest BCUT2D eigenvalue weighted by Crippen LogP contribution is -2.36. The van der Waals surface area contributed by atoms with Gasteiger partial charge in [0, 0.05) is 24.4 Å². The molecule has 0 unspecified atom stereocenters. The van der Waals surface area contributed by atoms with Gasteiger partial charge in [-0.1, -0.05) is 36.1 Å². The molecule has 1 aliphatic heterocycles. The number of thioether (sulfide) groups is 1. The molecule has 2 N–H and O–H groups in total. The van der Waals surface area contributed by atoms with E-state index in [0.717, 1.165) is 33.6 Å². The van der Waals surface area contributed by atoms with Crippen molar-refractivity contribution < 1.29 is 9.59 Å². The Morgan fingerprint density at radius 3 is 2.93 bits per heavy atom. The number of fused-ring (bicyclic) bond motifs is 1. The Labute approximate surface area is 183 Å². The van der Waals surface area contributed by atoms with Crippen molar-refractivity contribution >= 4 is 67.8 Å². The SMILES string of the molecule is CCSc1nnc(NC(=O)CN2CCc3nc(NC(=O)c4cccs4)sc3C2)s1. The van der Waals surface area contributed by atoms with Crippen molar-refractivity contribution in [3.8, 4) is 0 Å². The van der Waals surface area contributed by atoms with Crippen LogP contribution in [0.1, 0.15) is 27.2 Å². The predicted molar refractivity (Wildman–Crippen MR) is 118 cm³/mol. The molecule has 0 bridgehead atoms. The Kier molecular flexibility index (Phi) is 6.55. The number of nitrogens with zero attached hydrogens (tertiary/aromatic N) is 4. The summed E-state index contributed by atoms with van der Waals surface area (Å²) in [4.78, 5) is 32.9. The minimum absolute atomic E-state index is 0.103. The lowest BCUT2D eigenvalue weighted by molar-refractivity contribution is -0.117. The van der Waals surface area contributed by atoms with Crippen molar-refractivity contribution in [2.75, 3.05) is 29.5 Å². The molecule has 0 radical (unpaired) electrons. The van der Waals surface area contributed by atoms with Crippen LogP contribution in [0.2, 0.25) is 0 Å². The number of aromatic nitrogens is 3. The van der Waals surface area contributed by atoms with Crippen LogP contribution in [-0.4, -0.2) is 50.7 Å². The smallest absolute Gasteiger partial charge is 0.267 e. The zero-order chi connectivity index (χ0) is 20.2. The Morgan fingerprint density at radius 2 is 2.14 bits per heavy atom. The summed E-state index contributed by atoms with van der Waals surface area (Å²) in [7, 11) is 0. The average molecular weight is 467 g/mol. The second-order valence-electron chi connectivity index (χ2n) is 6.14. The first kappa shape index (κ1) is 20.4. The number of nitrogens with one attached hydrogen (secondary N) is 2. The second kappa shape index (κ2) is 9.30. The van der Waals surface area contributed by atoms with Crippen molar-refractivity contribution in [2.45, 2.75) is 24.2 Å². The minimum atomic E-state index is -0.139. The fourth-order valence-corrected chi connectivity index (χ4v) is 6.14. The van der Waals surface area contributed by atoms with Gasteiger partial charge in [0.15, 0.2) is 9.47 Å². The van der Waals surface area contributed by atoms with Gasteiger partial charge in [-0.2, -0.15) is 0 Å². The number of carbonyl (C=O) groups is 2. The predicted octanol–water partition coefficient (Wildman–Crippen LogP) is 3.42. The Morgan fingerprint density at radius 1 is 1.24 bits per heavy atom. The molecule has 2 amide bonds. The van der Waals surface area contributed by atoms with Crippen LogP contribution in [0.25, 0.3) is 0 Å². The van der Waals surface area contributed by atoms with Gasteiger partial charge >= 0.3 is 0 Å². The number of hydrogen-bond acceptors (Lipinski definition) is 10. The maximum atomic E-state index is 12.4. The zero-order valence-corrected chi connectivity index (χ0v) is 18.8. The van der Waals surface area contributed by atoms with Gasteiger partial charge in [0.05, 0.1) is 17.1 Å². The largest absolute Gasteiger partial charge is 0.299 e. The maximum Gasteiger partial charge on any atom is 0.267 e. The summed E-state index contributed by atoms with van der Waals surface area (Å²) in [6, 6.07) is 3.64. The van der Waals surface area contributed by atoms with E-state index in [-0.39, 0.29) is 18.4 Å². The standard InChI is InChI=1S/C17H18N6O2S4/c1-2-26-17-22-21-16(29-17)19-13(24)9-23-6-5-10-12(8-23)28-15(18-10)20-14(25)11-4-3-7-27-11/h3-4,7H,2,5-6,8-9H2,1H3,(H,18,20,25)(H,19,21,24). The molecule has 12 heteroatoms. The van der Waals surface area contributed by atoms with E-state index in [4.69, 9.17) is 0 Å². The number of hydrogen-bond donors (Lipinski definition) is 2. The molecule has 0 saturated carbocycles. The summed E-state index contributed by atoms with van der Waals surface area (Å²) in [5.41, 5.74) is 0.999. The number of amides is 2. The van der Waals surface area contributed by atoms with E-state index in [1.165, 1.54) is 34.0 Å². The Bertz CT molecular complexity index is 1000. The monoisotopic (exact) mass is 466 g/mol. The van der Waals surface area contributed by atoms with E-state index < -0.39 is 0 Å².